The Kier molecular flexibility index (Phi) is 16.0. The zero-order valence-corrected chi connectivity index (χ0v) is 9.20. The first-order valence-electron chi connectivity index (χ1n) is 4.17. The van der Waals surface area contributed by atoms with E-state index >= 15 is 0 Å². The molecule has 0 saturated heterocycles. The number of ether oxygens (including phenoxy) is 2. The lowest BCUT2D eigenvalue weighted by Gasteiger charge is -1.93. The minimum atomic E-state index is -0.481. The highest BCUT2D eigenvalue weighted by molar-refractivity contribution is 6.17. The van der Waals surface area contributed by atoms with E-state index in [-0.39, 0.29) is 13.0 Å². The minimum Gasteiger partial charge on any atom is -0.501 e. The topological polar surface area (TPSA) is 59.3 Å². The summed E-state index contributed by atoms with van der Waals surface area (Å²) in [5, 5.41) is 7.98. The van der Waals surface area contributed by atoms with Gasteiger partial charge in [0.05, 0.1) is 24.6 Å². The molecule has 0 saturated carbocycles. The number of hydrogen-bond donors (Lipinski definition) is 0. The Labute approximate surface area is 94.7 Å². The highest BCUT2D eigenvalue weighted by Crippen LogP contribution is 1.81. The lowest BCUT2D eigenvalue weighted by Crippen LogP contribution is -2.00. The van der Waals surface area contributed by atoms with Gasteiger partial charge in [-0.15, -0.1) is 11.6 Å². The van der Waals surface area contributed by atoms with Crippen LogP contribution < -0.4 is 0 Å². The van der Waals surface area contributed by atoms with Crippen LogP contribution in [0.15, 0.2) is 25.5 Å². The van der Waals surface area contributed by atoms with Crippen LogP contribution in [0, 0.1) is 11.3 Å². The fraction of sp³-hybridized carbons (Fsp3) is 0.400. The molecule has 0 aromatic heterocycles. The first-order valence-corrected chi connectivity index (χ1v) is 4.71. The summed E-state index contributed by atoms with van der Waals surface area (Å²) in [6.45, 7) is 7.21. The first-order chi connectivity index (χ1) is 7.22. The Hall–Kier alpha value is -1.47. The summed E-state index contributed by atoms with van der Waals surface area (Å²) in [7, 11) is 0. The third-order valence-electron chi connectivity index (χ3n) is 0.938. The fourth-order valence-corrected chi connectivity index (χ4v) is 0.473. The van der Waals surface area contributed by atoms with Crippen LogP contribution in [-0.4, -0.2) is 25.1 Å². The molecule has 0 aliphatic carbocycles. The molecule has 84 valence electrons. The minimum absolute atomic E-state index is 0.154. The second-order valence-corrected chi connectivity index (χ2v) is 2.38. The summed E-state index contributed by atoms with van der Waals surface area (Å²) in [5.41, 5.74) is 0. The van der Waals surface area contributed by atoms with E-state index in [0.29, 0.717) is 12.5 Å². The van der Waals surface area contributed by atoms with Gasteiger partial charge in [0.25, 0.3) is 0 Å². The highest BCUT2D eigenvalue weighted by atomic mass is 35.5. The van der Waals surface area contributed by atoms with E-state index in [0.717, 1.165) is 6.08 Å². The number of halogens is 1. The molecule has 0 fully saturated rings. The van der Waals surface area contributed by atoms with Gasteiger partial charge in [0.1, 0.15) is 13.2 Å². The van der Waals surface area contributed by atoms with Crippen molar-refractivity contribution in [3.63, 3.8) is 0 Å². The van der Waals surface area contributed by atoms with Crippen molar-refractivity contribution in [2.45, 2.75) is 6.42 Å². The van der Waals surface area contributed by atoms with Crippen LogP contribution in [0.1, 0.15) is 6.42 Å². The third-order valence-corrected chi connectivity index (χ3v) is 1.09. The van der Waals surface area contributed by atoms with Crippen molar-refractivity contribution in [2.75, 3.05) is 19.1 Å². The molecular weight excluding hydrogens is 218 g/mol. The molecule has 0 heterocycles. The van der Waals surface area contributed by atoms with Gasteiger partial charge >= 0.3 is 5.97 Å². The second-order valence-electron chi connectivity index (χ2n) is 2.01. The van der Waals surface area contributed by atoms with Gasteiger partial charge in [-0.2, -0.15) is 5.26 Å². The van der Waals surface area contributed by atoms with Crippen molar-refractivity contribution in [1.29, 1.82) is 5.26 Å². The number of hydrogen-bond acceptors (Lipinski definition) is 4. The predicted molar refractivity (Wildman–Crippen MR) is 58.3 cm³/mol. The molecule has 0 aliphatic rings. The Bertz CT molecular complexity index is 223. The number of esters is 1. The van der Waals surface area contributed by atoms with E-state index in [9.17, 15) is 4.79 Å². The van der Waals surface area contributed by atoms with E-state index < -0.39 is 5.97 Å². The van der Waals surface area contributed by atoms with Crippen molar-refractivity contribution in [3.8, 4) is 6.07 Å². The zero-order valence-electron chi connectivity index (χ0n) is 8.45. The summed E-state index contributed by atoms with van der Waals surface area (Å²) in [5.74, 6) is 0.0525. The number of alkyl halides is 1. The van der Waals surface area contributed by atoms with Gasteiger partial charge in [0.15, 0.2) is 0 Å². The van der Waals surface area contributed by atoms with E-state index in [1.54, 1.807) is 0 Å². The number of rotatable bonds is 6. The average molecular weight is 232 g/mol. The maximum absolute atomic E-state index is 10.2. The van der Waals surface area contributed by atoms with Crippen molar-refractivity contribution in [3.05, 3.63) is 25.5 Å². The van der Waals surface area contributed by atoms with Gasteiger partial charge in [-0.25, -0.2) is 4.79 Å². The molecule has 5 heteroatoms. The van der Waals surface area contributed by atoms with Crippen molar-refractivity contribution in [1.82, 2.24) is 0 Å². The molecule has 0 aromatic rings. The quantitative estimate of drug-likeness (QED) is 0.231. The number of nitrogens with zero attached hydrogens (tertiary/aromatic N) is 1. The average Bonchev–Trinajstić information content (AvgIpc) is 2.27. The molecule has 0 spiro atoms. The summed E-state index contributed by atoms with van der Waals surface area (Å²) in [6, 6.07) is 1.84. The van der Waals surface area contributed by atoms with Gasteiger partial charge in [0, 0.05) is 6.08 Å². The summed E-state index contributed by atoms with van der Waals surface area (Å²) < 4.78 is 9.07. The van der Waals surface area contributed by atoms with E-state index in [1.807, 2.05) is 6.07 Å². The van der Waals surface area contributed by atoms with E-state index in [1.165, 1.54) is 6.26 Å². The summed E-state index contributed by atoms with van der Waals surface area (Å²) >= 11 is 5.21. The molecule has 0 rings (SSSR count). The monoisotopic (exact) mass is 231 g/mol. The number of carbonyl (C=O) groups is 1. The van der Waals surface area contributed by atoms with E-state index in [2.05, 4.69) is 22.6 Å². The van der Waals surface area contributed by atoms with Gasteiger partial charge in [0.2, 0.25) is 0 Å². The molecule has 0 atom stereocenters. The largest absolute Gasteiger partial charge is 0.501 e. The number of nitriles is 1. The SMILES string of the molecule is C=CC(=O)OCCC#N.C=COCCCl. The maximum atomic E-state index is 10.2. The van der Waals surface area contributed by atoms with Gasteiger partial charge in [-0.05, 0) is 0 Å². The van der Waals surface area contributed by atoms with Crippen LogP contribution in [-0.2, 0) is 14.3 Å². The standard InChI is InChI=1S/C6H7NO2.C4H7ClO/c1-2-6(8)9-5-3-4-7;1-2-6-4-3-5/h2H,1,3,5H2;2H,1,3-4H2. The van der Waals surface area contributed by atoms with Gasteiger partial charge < -0.3 is 9.47 Å². The predicted octanol–water partition coefficient (Wildman–Crippen LogP) is 2.01. The highest BCUT2D eigenvalue weighted by Gasteiger charge is 1.91. The molecule has 0 amide bonds. The Morgan fingerprint density at radius 3 is 2.47 bits per heavy atom. The van der Waals surface area contributed by atoms with Crippen LogP contribution >= 0.6 is 11.6 Å². The van der Waals surface area contributed by atoms with Gasteiger partial charge in [-0.3, -0.25) is 0 Å². The molecule has 0 unspecified atom stereocenters. The zero-order chi connectivity index (χ0) is 11.9. The van der Waals surface area contributed by atoms with Crippen LogP contribution in [0.5, 0.6) is 0 Å². The van der Waals surface area contributed by atoms with Crippen LogP contribution in [0.25, 0.3) is 0 Å². The number of carbonyl (C=O) groups excluding carboxylic acids is 1. The smallest absolute Gasteiger partial charge is 0.330 e. The lowest BCUT2D eigenvalue weighted by molar-refractivity contribution is -0.137. The van der Waals surface area contributed by atoms with Crippen molar-refractivity contribution < 1.29 is 14.3 Å². The summed E-state index contributed by atoms with van der Waals surface area (Å²) in [4.78, 5) is 10.2. The summed E-state index contributed by atoms with van der Waals surface area (Å²) in [6.07, 6.45) is 2.68. The normalized spacial score (nSPS) is 7.47. The molecule has 4 nitrogen and oxygen atoms in total. The van der Waals surface area contributed by atoms with Crippen LogP contribution in [0.2, 0.25) is 0 Å². The van der Waals surface area contributed by atoms with Crippen LogP contribution in [0.3, 0.4) is 0 Å². The van der Waals surface area contributed by atoms with E-state index in [4.69, 9.17) is 16.9 Å². The molecule has 0 aliphatic heterocycles. The maximum Gasteiger partial charge on any atom is 0.330 e. The Balaban J connectivity index is 0. The third kappa shape index (κ3) is 19.1. The molecule has 0 bridgehead atoms. The lowest BCUT2D eigenvalue weighted by atomic mass is 10.5. The van der Waals surface area contributed by atoms with Crippen LogP contribution in [0.4, 0.5) is 0 Å². The molecular formula is C10H14ClNO3. The molecule has 0 radical (unpaired) electrons. The molecule has 0 aromatic carbocycles. The van der Waals surface area contributed by atoms with Crippen molar-refractivity contribution >= 4 is 17.6 Å². The second kappa shape index (κ2) is 15.0. The molecule has 15 heavy (non-hydrogen) atoms. The molecule has 0 N–H and O–H groups in total. The fourth-order valence-electron chi connectivity index (χ4n) is 0.384. The van der Waals surface area contributed by atoms with Gasteiger partial charge in [-0.1, -0.05) is 13.2 Å². The first kappa shape index (κ1) is 16.0. The Morgan fingerprint density at radius 2 is 2.13 bits per heavy atom. The Morgan fingerprint density at radius 1 is 1.47 bits per heavy atom. The van der Waals surface area contributed by atoms with Crippen molar-refractivity contribution in [2.24, 2.45) is 0 Å².